The molecule has 0 radical (unpaired) electrons. The van der Waals surface area contributed by atoms with E-state index in [9.17, 15) is 9.59 Å². The van der Waals surface area contributed by atoms with Gasteiger partial charge in [-0.3, -0.25) is 9.59 Å². The largest absolute Gasteiger partial charge is 0.496 e. The van der Waals surface area contributed by atoms with Crippen molar-refractivity contribution in [1.29, 1.82) is 0 Å². The molecule has 29 heavy (non-hydrogen) atoms. The van der Waals surface area contributed by atoms with Crippen molar-refractivity contribution in [2.45, 2.75) is 44.9 Å². The molecule has 152 valence electrons. The summed E-state index contributed by atoms with van der Waals surface area (Å²) >= 11 is 0. The summed E-state index contributed by atoms with van der Waals surface area (Å²) in [4.78, 5) is 31.9. The molecule has 0 bridgehead atoms. The summed E-state index contributed by atoms with van der Waals surface area (Å²) in [6.07, 6.45) is 5.71. The second kappa shape index (κ2) is 7.69. The summed E-state index contributed by atoms with van der Waals surface area (Å²) in [5.74, 6) is 1.06. The highest BCUT2D eigenvalue weighted by molar-refractivity contribution is 5.89. The predicted molar refractivity (Wildman–Crippen MR) is 111 cm³/mol. The molecule has 1 aliphatic carbocycles. The van der Waals surface area contributed by atoms with Gasteiger partial charge < -0.3 is 15.0 Å². The van der Waals surface area contributed by atoms with Crippen LogP contribution in [0.15, 0.2) is 23.0 Å². The van der Waals surface area contributed by atoms with E-state index in [4.69, 9.17) is 9.72 Å². The van der Waals surface area contributed by atoms with Crippen LogP contribution < -0.4 is 15.6 Å². The van der Waals surface area contributed by atoms with Gasteiger partial charge in [-0.1, -0.05) is 19.3 Å². The zero-order valence-electron chi connectivity index (χ0n) is 16.9. The van der Waals surface area contributed by atoms with Gasteiger partial charge in [-0.25, -0.2) is 9.67 Å². The third-order valence-corrected chi connectivity index (χ3v) is 5.49. The number of H-pyrrole nitrogens is 1. The molecule has 0 spiro atoms. The highest BCUT2D eigenvalue weighted by atomic mass is 16.5. The van der Waals surface area contributed by atoms with Crippen LogP contribution in [0.5, 0.6) is 5.75 Å². The first-order valence-electron chi connectivity index (χ1n) is 9.91. The summed E-state index contributed by atoms with van der Waals surface area (Å²) in [6.45, 7) is 1.44. The van der Waals surface area contributed by atoms with Crippen molar-refractivity contribution in [3.63, 3.8) is 0 Å². The number of methoxy groups -OCH3 is 1. The van der Waals surface area contributed by atoms with Crippen LogP contribution in [0.1, 0.15) is 50.6 Å². The van der Waals surface area contributed by atoms with Crippen molar-refractivity contribution in [3.05, 3.63) is 34.2 Å². The van der Waals surface area contributed by atoms with Crippen LogP contribution in [0.25, 0.3) is 22.4 Å². The second-order valence-corrected chi connectivity index (χ2v) is 7.55. The van der Waals surface area contributed by atoms with Crippen molar-refractivity contribution in [3.8, 4) is 17.1 Å². The van der Waals surface area contributed by atoms with E-state index in [0.29, 0.717) is 39.8 Å². The van der Waals surface area contributed by atoms with Crippen molar-refractivity contribution in [2.24, 2.45) is 7.05 Å². The van der Waals surface area contributed by atoms with Crippen LogP contribution in [-0.4, -0.2) is 32.8 Å². The standard InChI is InChI=1S/C21H25N5O3/c1-12(27)22-14-9-10-15(16(11-14)29-3)19-23-20-17(21(28)24-19)18(25-26(20)2)13-7-5-4-6-8-13/h9-11,13H,4-8H2,1-3H3,(H,22,27)(H,23,24,28). The van der Waals surface area contributed by atoms with E-state index in [2.05, 4.69) is 15.4 Å². The lowest BCUT2D eigenvalue weighted by Gasteiger charge is -2.19. The summed E-state index contributed by atoms with van der Waals surface area (Å²) in [5.41, 5.74) is 2.49. The molecular formula is C21H25N5O3. The van der Waals surface area contributed by atoms with Crippen molar-refractivity contribution >= 4 is 22.6 Å². The summed E-state index contributed by atoms with van der Waals surface area (Å²) in [6, 6.07) is 5.23. The summed E-state index contributed by atoms with van der Waals surface area (Å²) in [7, 11) is 3.36. The molecule has 3 aromatic rings. The van der Waals surface area contributed by atoms with Crippen LogP contribution in [-0.2, 0) is 11.8 Å². The van der Waals surface area contributed by atoms with E-state index in [-0.39, 0.29) is 11.5 Å². The number of aromatic amines is 1. The number of amides is 1. The van der Waals surface area contributed by atoms with Crippen LogP contribution in [0.4, 0.5) is 5.69 Å². The topological polar surface area (TPSA) is 102 Å². The maximum Gasteiger partial charge on any atom is 0.262 e. The summed E-state index contributed by atoms with van der Waals surface area (Å²) < 4.78 is 7.16. The van der Waals surface area contributed by atoms with Gasteiger partial charge >= 0.3 is 0 Å². The number of hydrogen-bond acceptors (Lipinski definition) is 5. The average Bonchev–Trinajstić information content (AvgIpc) is 3.05. The lowest BCUT2D eigenvalue weighted by atomic mass is 9.86. The highest BCUT2D eigenvalue weighted by Crippen LogP contribution is 2.35. The molecule has 1 amide bonds. The minimum atomic E-state index is -0.188. The SMILES string of the molecule is COc1cc(NC(C)=O)ccc1-c1nc2c(c(C3CCCCC3)nn2C)c(=O)[nH]1. The van der Waals surface area contributed by atoms with Gasteiger partial charge in [-0.05, 0) is 25.0 Å². The van der Waals surface area contributed by atoms with Crippen LogP contribution >= 0.6 is 0 Å². The number of aryl methyl sites for hydroxylation is 1. The van der Waals surface area contributed by atoms with Gasteiger partial charge in [0.1, 0.15) is 17.0 Å². The number of anilines is 1. The van der Waals surface area contributed by atoms with Crippen molar-refractivity contribution in [2.75, 3.05) is 12.4 Å². The Kier molecular flexibility index (Phi) is 5.08. The molecule has 1 saturated carbocycles. The van der Waals surface area contributed by atoms with Crippen LogP contribution in [0.3, 0.4) is 0 Å². The fourth-order valence-electron chi connectivity index (χ4n) is 4.14. The molecule has 2 heterocycles. The highest BCUT2D eigenvalue weighted by Gasteiger charge is 2.25. The molecule has 1 fully saturated rings. The van der Waals surface area contributed by atoms with Gasteiger partial charge in [-0.15, -0.1) is 0 Å². The Labute approximate surface area is 168 Å². The normalized spacial score (nSPS) is 14.9. The third kappa shape index (κ3) is 3.62. The average molecular weight is 395 g/mol. The zero-order valence-corrected chi connectivity index (χ0v) is 16.9. The fraction of sp³-hybridized carbons (Fsp3) is 0.429. The lowest BCUT2D eigenvalue weighted by Crippen LogP contribution is -2.13. The van der Waals surface area contributed by atoms with Crippen LogP contribution in [0.2, 0.25) is 0 Å². The maximum absolute atomic E-state index is 13.0. The quantitative estimate of drug-likeness (QED) is 0.705. The number of fused-ring (bicyclic) bond motifs is 1. The number of benzene rings is 1. The first kappa shape index (κ1) is 19.2. The van der Waals surface area contributed by atoms with Crippen LogP contribution in [0, 0.1) is 0 Å². The predicted octanol–water partition coefficient (Wildman–Crippen LogP) is 3.34. The van der Waals surface area contributed by atoms with Gasteiger partial charge in [0.25, 0.3) is 5.56 Å². The number of carbonyl (C=O) groups excluding carboxylic acids is 1. The van der Waals surface area contributed by atoms with E-state index < -0.39 is 0 Å². The number of carbonyl (C=O) groups is 1. The first-order chi connectivity index (χ1) is 14.0. The van der Waals surface area contributed by atoms with Gasteiger partial charge in [0.15, 0.2) is 5.65 Å². The lowest BCUT2D eigenvalue weighted by molar-refractivity contribution is -0.114. The smallest absolute Gasteiger partial charge is 0.262 e. The molecule has 0 unspecified atom stereocenters. The molecule has 0 saturated heterocycles. The van der Waals surface area contributed by atoms with Gasteiger partial charge in [-0.2, -0.15) is 5.10 Å². The minimum Gasteiger partial charge on any atom is -0.496 e. The third-order valence-electron chi connectivity index (χ3n) is 5.49. The molecular weight excluding hydrogens is 370 g/mol. The van der Waals surface area contributed by atoms with E-state index in [1.165, 1.54) is 33.3 Å². The monoisotopic (exact) mass is 395 g/mol. The van der Waals surface area contributed by atoms with Crippen molar-refractivity contribution < 1.29 is 9.53 Å². The first-order valence-corrected chi connectivity index (χ1v) is 9.91. The Balaban J connectivity index is 1.81. The fourth-order valence-corrected chi connectivity index (χ4v) is 4.14. The Morgan fingerprint density at radius 1 is 1.28 bits per heavy atom. The molecule has 0 atom stereocenters. The molecule has 0 aliphatic heterocycles. The number of nitrogens with zero attached hydrogens (tertiary/aromatic N) is 3. The molecule has 1 aromatic carbocycles. The zero-order chi connectivity index (χ0) is 20.5. The number of rotatable bonds is 4. The van der Waals surface area contributed by atoms with Gasteiger partial charge in [0.2, 0.25) is 5.91 Å². The van der Waals surface area contributed by atoms with E-state index in [0.717, 1.165) is 18.5 Å². The Hall–Kier alpha value is -3.16. The Morgan fingerprint density at radius 2 is 2.03 bits per heavy atom. The second-order valence-electron chi connectivity index (χ2n) is 7.55. The Morgan fingerprint density at radius 3 is 2.72 bits per heavy atom. The Bertz CT molecular complexity index is 1130. The maximum atomic E-state index is 13.0. The molecule has 4 rings (SSSR count). The molecule has 1 aliphatic rings. The number of nitrogens with one attached hydrogen (secondary N) is 2. The molecule has 2 aromatic heterocycles. The van der Waals surface area contributed by atoms with E-state index in [1.54, 1.807) is 22.9 Å². The number of ether oxygens (including phenoxy) is 1. The van der Waals surface area contributed by atoms with E-state index in [1.807, 2.05) is 7.05 Å². The van der Waals surface area contributed by atoms with Gasteiger partial charge in [0.05, 0.1) is 18.4 Å². The number of aromatic nitrogens is 4. The van der Waals surface area contributed by atoms with E-state index >= 15 is 0 Å². The summed E-state index contributed by atoms with van der Waals surface area (Å²) in [5, 5.41) is 7.96. The molecule has 2 N–H and O–H groups in total. The minimum absolute atomic E-state index is 0.169. The molecule has 8 heteroatoms. The number of hydrogen-bond donors (Lipinski definition) is 2. The molecule has 8 nitrogen and oxygen atoms in total. The van der Waals surface area contributed by atoms with Crippen molar-refractivity contribution in [1.82, 2.24) is 19.7 Å². The van der Waals surface area contributed by atoms with Gasteiger partial charge in [0, 0.05) is 31.6 Å².